The van der Waals surface area contributed by atoms with Crippen molar-refractivity contribution in [2.75, 3.05) is 18.8 Å². The number of rotatable bonds is 4. The number of halogens is 1. The Bertz CT molecular complexity index is 421. The van der Waals surface area contributed by atoms with E-state index in [4.69, 9.17) is 11.6 Å². The first-order chi connectivity index (χ1) is 9.15. The summed E-state index contributed by atoms with van der Waals surface area (Å²) in [6.45, 7) is 4.09. The van der Waals surface area contributed by atoms with Gasteiger partial charge in [-0.1, -0.05) is 30.7 Å². The van der Waals surface area contributed by atoms with Gasteiger partial charge in [-0.25, -0.2) is 0 Å². The molecule has 1 amide bonds. The van der Waals surface area contributed by atoms with E-state index in [0.717, 1.165) is 30.3 Å². The smallest absolute Gasteiger partial charge is 0.232 e. The normalized spacial score (nSPS) is 19.5. The molecule has 1 aromatic rings. The van der Waals surface area contributed by atoms with E-state index in [2.05, 4.69) is 6.92 Å². The van der Waals surface area contributed by atoms with Gasteiger partial charge in [0.2, 0.25) is 5.91 Å². The van der Waals surface area contributed by atoms with Gasteiger partial charge in [0.1, 0.15) is 0 Å². The van der Waals surface area contributed by atoms with Crippen LogP contribution in [0.1, 0.15) is 25.3 Å². The molecule has 1 saturated heterocycles. The van der Waals surface area contributed by atoms with E-state index in [1.165, 1.54) is 12.0 Å². The Morgan fingerprint density at radius 3 is 2.84 bits per heavy atom. The lowest BCUT2D eigenvalue weighted by molar-refractivity contribution is -0.130. The SMILES string of the molecule is C[C@H]1CCCN(C(=O)CSCc2ccc(Cl)cc2)C1. The third kappa shape index (κ3) is 4.73. The van der Waals surface area contributed by atoms with Crippen molar-refractivity contribution in [3.8, 4) is 0 Å². The number of amides is 1. The Morgan fingerprint density at radius 2 is 2.16 bits per heavy atom. The Hall–Kier alpha value is -0.670. The Labute approximate surface area is 124 Å². The average molecular weight is 298 g/mol. The lowest BCUT2D eigenvalue weighted by atomic mass is 10.0. The molecule has 1 aromatic carbocycles. The molecule has 1 heterocycles. The number of piperidine rings is 1. The van der Waals surface area contributed by atoms with Crippen LogP contribution in [0.2, 0.25) is 5.02 Å². The number of thioether (sulfide) groups is 1. The molecule has 1 aliphatic heterocycles. The summed E-state index contributed by atoms with van der Waals surface area (Å²) in [6.07, 6.45) is 2.40. The minimum atomic E-state index is 0.283. The van der Waals surface area contributed by atoms with Crippen LogP contribution in [0.15, 0.2) is 24.3 Å². The van der Waals surface area contributed by atoms with Crippen LogP contribution in [0.25, 0.3) is 0 Å². The predicted octanol–water partition coefficient (Wildman–Crippen LogP) is 3.83. The van der Waals surface area contributed by atoms with Crippen molar-refractivity contribution in [3.05, 3.63) is 34.9 Å². The molecule has 0 N–H and O–H groups in total. The molecular formula is C15H20ClNOS. The van der Waals surface area contributed by atoms with Crippen LogP contribution in [0.4, 0.5) is 0 Å². The van der Waals surface area contributed by atoms with Gasteiger partial charge in [-0.15, -0.1) is 11.8 Å². The van der Waals surface area contributed by atoms with Crippen LogP contribution in [-0.4, -0.2) is 29.6 Å². The fraction of sp³-hybridized carbons (Fsp3) is 0.533. The van der Waals surface area contributed by atoms with Crippen LogP contribution in [0.3, 0.4) is 0 Å². The third-order valence-corrected chi connectivity index (χ3v) is 4.66. The van der Waals surface area contributed by atoms with Crippen LogP contribution in [0, 0.1) is 5.92 Å². The molecule has 104 valence electrons. The molecule has 0 bridgehead atoms. The van der Waals surface area contributed by atoms with Crippen LogP contribution < -0.4 is 0 Å². The minimum absolute atomic E-state index is 0.283. The molecule has 2 rings (SSSR count). The fourth-order valence-corrected chi connectivity index (χ4v) is 3.36. The molecule has 0 aliphatic carbocycles. The summed E-state index contributed by atoms with van der Waals surface area (Å²) in [6, 6.07) is 7.82. The summed E-state index contributed by atoms with van der Waals surface area (Å²) in [5.41, 5.74) is 1.22. The number of likely N-dealkylation sites (tertiary alicyclic amines) is 1. The maximum absolute atomic E-state index is 12.1. The number of carbonyl (C=O) groups excluding carboxylic acids is 1. The zero-order valence-corrected chi connectivity index (χ0v) is 12.8. The molecule has 1 atom stereocenters. The monoisotopic (exact) mass is 297 g/mol. The molecule has 1 aliphatic rings. The van der Waals surface area contributed by atoms with E-state index in [1.54, 1.807) is 11.8 Å². The summed E-state index contributed by atoms with van der Waals surface area (Å²) in [5.74, 6) is 2.38. The van der Waals surface area contributed by atoms with Gasteiger partial charge in [0, 0.05) is 23.9 Å². The molecular weight excluding hydrogens is 278 g/mol. The van der Waals surface area contributed by atoms with E-state index in [1.807, 2.05) is 29.2 Å². The van der Waals surface area contributed by atoms with Crippen molar-refractivity contribution in [1.29, 1.82) is 0 Å². The minimum Gasteiger partial charge on any atom is -0.342 e. The number of hydrogen-bond acceptors (Lipinski definition) is 2. The van der Waals surface area contributed by atoms with E-state index >= 15 is 0 Å². The number of carbonyl (C=O) groups is 1. The molecule has 1 fully saturated rings. The van der Waals surface area contributed by atoms with Crippen molar-refractivity contribution in [2.24, 2.45) is 5.92 Å². The van der Waals surface area contributed by atoms with Gasteiger partial charge in [-0.05, 0) is 36.5 Å². The average Bonchev–Trinajstić information content (AvgIpc) is 2.41. The van der Waals surface area contributed by atoms with Crippen molar-refractivity contribution >= 4 is 29.3 Å². The van der Waals surface area contributed by atoms with Crippen molar-refractivity contribution in [3.63, 3.8) is 0 Å². The fourth-order valence-electron chi connectivity index (χ4n) is 2.34. The molecule has 2 nitrogen and oxygen atoms in total. The summed E-state index contributed by atoms with van der Waals surface area (Å²) in [4.78, 5) is 14.1. The largest absolute Gasteiger partial charge is 0.342 e. The third-order valence-electron chi connectivity index (χ3n) is 3.42. The van der Waals surface area contributed by atoms with Gasteiger partial charge < -0.3 is 4.90 Å². The summed E-state index contributed by atoms with van der Waals surface area (Å²) in [7, 11) is 0. The molecule has 19 heavy (non-hydrogen) atoms. The highest BCUT2D eigenvalue weighted by Gasteiger charge is 2.20. The number of nitrogens with zero attached hydrogens (tertiary/aromatic N) is 1. The van der Waals surface area contributed by atoms with Crippen molar-refractivity contribution in [1.82, 2.24) is 4.90 Å². The van der Waals surface area contributed by atoms with Gasteiger partial charge in [-0.3, -0.25) is 4.79 Å². The van der Waals surface area contributed by atoms with Gasteiger partial charge in [0.25, 0.3) is 0 Å². The summed E-state index contributed by atoms with van der Waals surface area (Å²) >= 11 is 7.52. The quantitative estimate of drug-likeness (QED) is 0.842. The second kappa shape index (κ2) is 7.20. The Morgan fingerprint density at radius 1 is 1.42 bits per heavy atom. The maximum atomic E-state index is 12.1. The van der Waals surface area contributed by atoms with Crippen molar-refractivity contribution in [2.45, 2.75) is 25.5 Å². The van der Waals surface area contributed by atoms with Gasteiger partial charge in [-0.2, -0.15) is 0 Å². The zero-order chi connectivity index (χ0) is 13.7. The second-order valence-corrected chi connectivity index (χ2v) is 6.63. The van der Waals surface area contributed by atoms with E-state index in [9.17, 15) is 4.79 Å². The summed E-state index contributed by atoms with van der Waals surface area (Å²) in [5, 5.41) is 0.757. The Balaban J connectivity index is 1.73. The number of benzene rings is 1. The topological polar surface area (TPSA) is 20.3 Å². The van der Waals surface area contributed by atoms with E-state index < -0.39 is 0 Å². The van der Waals surface area contributed by atoms with Gasteiger partial charge in [0.15, 0.2) is 0 Å². The molecule has 0 unspecified atom stereocenters. The molecule has 0 aromatic heterocycles. The van der Waals surface area contributed by atoms with E-state index in [0.29, 0.717) is 11.7 Å². The Kier molecular flexibility index (Phi) is 5.59. The first kappa shape index (κ1) is 14.7. The molecule has 4 heteroatoms. The first-order valence-corrected chi connectivity index (χ1v) is 8.28. The lowest BCUT2D eigenvalue weighted by Gasteiger charge is -2.30. The number of hydrogen-bond donors (Lipinski definition) is 0. The standard InChI is InChI=1S/C15H20ClNOS/c1-12-3-2-8-17(9-12)15(18)11-19-10-13-4-6-14(16)7-5-13/h4-7,12H,2-3,8-11H2,1H3/t12-/m0/s1. The highest BCUT2D eigenvalue weighted by atomic mass is 35.5. The lowest BCUT2D eigenvalue weighted by Crippen LogP contribution is -2.40. The second-order valence-electron chi connectivity index (χ2n) is 5.21. The molecule has 0 radical (unpaired) electrons. The zero-order valence-electron chi connectivity index (χ0n) is 11.3. The first-order valence-electron chi connectivity index (χ1n) is 6.75. The van der Waals surface area contributed by atoms with Crippen LogP contribution in [0.5, 0.6) is 0 Å². The van der Waals surface area contributed by atoms with E-state index in [-0.39, 0.29) is 5.91 Å². The summed E-state index contributed by atoms with van der Waals surface area (Å²) < 4.78 is 0. The highest BCUT2D eigenvalue weighted by Crippen LogP contribution is 2.19. The highest BCUT2D eigenvalue weighted by molar-refractivity contribution is 7.99. The van der Waals surface area contributed by atoms with Crippen LogP contribution >= 0.6 is 23.4 Å². The van der Waals surface area contributed by atoms with Gasteiger partial charge in [0.05, 0.1) is 5.75 Å². The molecule has 0 saturated carbocycles. The van der Waals surface area contributed by atoms with Gasteiger partial charge >= 0.3 is 0 Å². The van der Waals surface area contributed by atoms with Crippen LogP contribution in [-0.2, 0) is 10.5 Å². The predicted molar refractivity (Wildman–Crippen MR) is 82.6 cm³/mol. The van der Waals surface area contributed by atoms with Crippen molar-refractivity contribution < 1.29 is 4.79 Å². The maximum Gasteiger partial charge on any atom is 0.232 e. The molecule has 0 spiro atoms.